The molecule has 0 fully saturated rings. The van der Waals surface area contributed by atoms with Crippen molar-refractivity contribution >= 4 is 17.6 Å². The number of benzene rings is 1. The van der Waals surface area contributed by atoms with Crippen LogP contribution < -0.4 is 5.32 Å². The van der Waals surface area contributed by atoms with Gasteiger partial charge < -0.3 is 4.74 Å². The van der Waals surface area contributed by atoms with Crippen molar-refractivity contribution in [3.63, 3.8) is 0 Å². The van der Waals surface area contributed by atoms with Gasteiger partial charge in [0.2, 0.25) is 0 Å². The number of ether oxygens (including phenoxy) is 1. The Kier molecular flexibility index (Phi) is 5.55. The second kappa shape index (κ2) is 7.62. The molecule has 0 saturated heterocycles. The maximum atomic E-state index is 11.9. The molecule has 1 aromatic carbocycles. The number of ketones is 1. The van der Waals surface area contributed by atoms with Crippen LogP contribution in [0, 0.1) is 0 Å². The molecule has 1 aliphatic carbocycles. The average molecular weight is 287 g/mol. The average Bonchev–Trinajstić information content (AvgIpc) is 2.42. The van der Waals surface area contributed by atoms with Crippen LogP contribution in [0.1, 0.15) is 49.4 Å². The van der Waals surface area contributed by atoms with Crippen LogP contribution in [0.4, 0.5) is 10.5 Å². The molecular formula is C17H21NO3. The lowest BCUT2D eigenvalue weighted by Gasteiger charge is -2.18. The highest BCUT2D eigenvalue weighted by Gasteiger charge is 2.14. The minimum Gasteiger partial charge on any atom is -0.446 e. The third kappa shape index (κ3) is 5.06. The molecule has 1 aromatic rings. The molecule has 0 saturated carbocycles. The van der Waals surface area contributed by atoms with Crippen LogP contribution in [0.5, 0.6) is 0 Å². The molecule has 1 aliphatic rings. The number of carbonyl (C=O) groups excluding carboxylic acids is 2. The van der Waals surface area contributed by atoms with E-state index in [1.807, 2.05) is 0 Å². The van der Waals surface area contributed by atoms with E-state index in [1.165, 1.54) is 6.92 Å². The van der Waals surface area contributed by atoms with Crippen molar-refractivity contribution in [2.45, 2.75) is 45.1 Å². The van der Waals surface area contributed by atoms with Gasteiger partial charge in [0.25, 0.3) is 0 Å². The number of anilines is 1. The van der Waals surface area contributed by atoms with Gasteiger partial charge in [0.15, 0.2) is 5.78 Å². The van der Waals surface area contributed by atoms with Crippen LogP contribution in [-0.2, 0) is 4.74 Å². The van der Waals surface area contributed by atoms with Crippen molar-refractivity contribution < 1.29 is 14.3 Å². The Morgan fingerprint density at radius 3 is 2.52 bits per heavy atom. The zero-order valence-corrected chi connectivity index (χ0v) is 12.3. The van der Waals surface area contributed by atoms with Gasteiger partial charge in [0.05, 0.1) is 0 Å². The lowest BCUT2D eigenvalue weighted by molar-refractivity contribution is 0.0984. The highest BCUT2D eigenvalue weighted by molar-refractivity contribution is 5.94. The van der Waals surface area contributed by atoms with Gasteiger partial charge in [-0.15, -0.1) is 0 Å². The van der Waals surface area contributed by atoms with Crippen LogP contribution in [0.2, 0.25) is 0 Å². The molecule has 0 aliphatic heterocycles. The molecule has 4 heteroatoms. The minimum absolute atomic E-state index is 0.00621. The number of Topliss-reactive ketones (excluding diaryl/α,β-unsaturated/α-hetero) is 1. The van der Waals surface area contributed by atoms with Gasteiger partial charge in [-0.2, -0.15) is 0 Å². The molecule has 1 atom stereocenters. The fourth-order valence-electron chi connectivity index (χ4n) is 2.33. The molecule has 21 heavy (non-hydrogen) atoms. The Morgan fingerprint density at radius 2 is 1.81 bits per heavy atom. The lowest BCUT2D eigenvalue weighted by Crippen LogP contribution is -2.22. The van der Waals surface area contributed by atoms with E-state index in [4.69, 9.17) is 4.74 Å². The van der Waals surface area contributed by atoms with E-state index in [-0.39, 0.29) is 11.9 Å². The number of rotatable bonds is 3. The first-order valence-corrected chi connectivity index (χ1v) is 7.39. The highest BCUT2D eigenvalue weighted by Crippen LogP contribution is 2.17. The monoisotopic (exact) mass is 287 g/mol. The highest BCUT2D eigenvalue weighted by atomic mass is 16.6. The van der Waals surface area contributed by atoms with Gasteiger partial charge >= 0.3 is 6.09 Å². The van der Waals surface area contributed by atoms with Crippen molar-refractivity contribution in [1.29, 1.82) is 0 Å². The summed E-state index contributed by atoms with van der Waals surface area (Å²) in [5.74, 6) is 0.00621. The quantitative estimate of drug-likeness (QED) is 0.665. The van der Waals surface area contributed by atoms with E-state index in [0.29, 0.717) is 11.3 Å². The number of amides is 1. The summed E-state index contributed by atoms with van der Waals surface area (Å²) < 4.78 is 5.46. The largest absolute Gasteiger partial charge is 0.446 e. The summed E-state index contributed by atoms with van der Waals surface area (Å²) in [4.78, 5) is 23.1. The molecule has 0 heterocycles. The molecule has 1 amide bonds. The van der Waals surface area contributed by atoms with Crippen molar-refractivity contribution in [3.05, 3.63) is 42.0 Å². The summed E-state index contributed by atoms with van der Waals surface area (Å²) in [6.45, 7) is 1.51. The molecule has 1 N–H and O–H groups in total. The number of hydrogen-bond acceptors (Lipinski definition) is 3. The molecule has 0 spiro atoms. The Bertz CT molecular complexity index is 519. The first-order chi connectivity index (χ1) is 10.1. The second-order valence-corrected chi connectivity index (χ2v) is 5.27. The van der Waals surface area contributed by atoms with Crippen molar-refractivity contribution in [3.8, 4) is 0 Å². The number of hydrogen-bond donors (Lipinski definition) is 1. The third-order valence-corrected chi connectivity index (χ3v) is 3.53. The van der Waals surface area contributed by atoms with Crippen molar-refractivity contribution in [2.75, 3.05) is 5.32 Å². The smallest absolute Gasteiger partial charge is 0.411 e. The Labute approximate surface area is 125 Å². The van der Waals surface area contributed by atoms with Crippen LogP contribution in [0.15, 0.2) is 36.4 Å². The van der Waals surface area contributed by atoms with E-state index >= 15 is 0 Å². The van der Waals surface area contributed by atoms with Crippen molar-refractivity contribution in [1.82, 2.24) is 0 Å². The summed E-state index contributed by atoms with van der Waals surface area (Å²) in [7, 11) is 0. The first-order valence-electron chi connectivity index (χ1n) is 7.39. The van der Waals surface area contributed by atoms with E-state index in [0.717, 1.165) is 32.1 Å². The summed E-state index contributed by atoms with van der Waals surface area (Å²) in [6.07, 6.45) is 8.70. The zero-order chi connectivity index (χ0) is 15.1. The van der Waals surface area contributed by atoms with E-state index in [2.05, 4.69) is 17.5 Å². The normalized spacial score (nSPS) is 20.0. The summed E-state index contributed by atoms with van der Waals surface area (Å²) >= 11 is 0. The lowest BCUT2D eigenvalue weighted by atomic mass is 10.0. The van der Waals surface area contributed by atoms with Crippen LogP contribution in [-0.4, -0.2) is 18.0 Å². The fourth-order valence-corrected chi connectivity index (χ4v) is 2.33. The van der Waals surface area contributed by atoms with Crippen LogP contribution in [0.25, 0.3) is 0 Å². The SMILES string of the molecule is CC(=O)c1ccc(NC(=O)O[C@H]2CC/C=C/CCC2)cc1. The number of allylic oxidation sites excluding steroid dienone is 2. The van der Waals surface area contributed by atoms with Gasteiger partial charge in [-0.05, 0) is 63.3 Å². The molecule has 0 aromatic heterocycles. The molecule has 0 unspecified atom stereocenters. The topological polar surface area (TPSA) is 55.4 Å². The number of carbonyl (C=O) groups is 2. The Balaban J connectivity index is 1.85. The number of nitrogens with one attached hydrogen (secondary N) is 1. The standard InChI is InChI=1S/C17H21NO3/c1-13(19)14-9-11-15(12-10-14)18-17(20)21-16-7-5-3-2-4-6-8-16/h2-3,9-12,16H,4-8H2,1H3,(H,18,20)/b3-2+/t16-/m0/s1. The summed E-state index contributed by atoms with van der Waals surface area (Å²) in [6, 6.07) is 6.80. The molecule has 2 rings (SSSR count). The first kappa shape index (κ1) is 15.3. The van der Waals surface area contributed by atoms with Crippen LogP contribution in [0.3, 0.4) is 0 Å². The van der Waals surface area contributed by atoms with Crippen LogP contribution >= 0.6 is 0 Å². The molecule has 112 valence electrons. The molecule has 0 radical (unpaired) electrons. The Hall–Kier alpha value is -2.10. The van der Waals surface area contributed by atoms with Gasteiger partial charge in [-0.3, -0.25) is 10.1 Å². The molecular weight excluding hydrogens is 266 g/mol. The fraction of sp³-hybridized carbons (Fsp3) is 0.412. The maximum absolute atomic E-state index is 11.9. The zero-order valence-electron chi connectivity index (χ0n) is 12.3. The van der Waals surface area contributed by atoms with Gasteiger partial charge in [-0.1, -0.05) is 12.2 Å². The predicted octanol–water partition coefficient (Wildman–Crippen LogP) is 4.33. The molecule has 4 nitrogen and oxygen atoms in total. The van der Waals surface area contributed by atoms with Gasteiger partial charge in [-0.25, -0.2) is 4.79 Å². The summed E-state index contributed by atoms with van der Waals surface area (Å²) in [5.41, 5.74) is 1.26. The predicted molar refractivity (Wildman–Crippen MR) is 82.6 cm³/mol. The van der Waals surface area contributed by atoms with E-state index in [1.54, 1.807) is 24.3 Å². The summed E-state index contributed by atoms with van der Waals surface area (Å²) in [5, 5.41) is 2.70. The molecule has 0 bridgehead atoms. The minimum atomic E-state index is -0.430. The van der Waals surface area contributed by atoms with E-state index < -0.39 is 6.09 Å². The second-order valence-electron chi connectivity index (χ2n) is 5.27. The van der Waals surface area contributed by atoms with Gasteiger partial charge in [0, 0.05) is 11.3 Å². The van der Waals surface area contributed by atoms with E-state index in [9.17, 15) is 9.59 Å². The third-order valence-electron chi connectivity index (χ3n) is 3.53. The van der Waals surface area contributed by atoms with Crippen molar-refractivity contribution in [2.24, 2.45) is 0 Å². The van der Waals surface area contributed by atoms with Gasteiger partial charge in [0.1, 0.15) is 6.10 Å². The Morgan fingerprint density at radius 1 is 1.10 bits per heavy atom. The maximum Gasteiger partial charge on any atom is 0.411 e.